The molecule has 0 saturated heterocycles. The lowest BCUT2D eigenvalue weighted by molar-refractivity contribution is 0.248. The molecule has 3 rings (SSSR count). The zero-order valence-corrected chi connectivity index (χ0v) is 13.5. The van der Waals surface area contributed by atoms with Gasteiger partial charge in [-0.25, -0.2) is 4.79 Å². The van der Waals surface area contributed by atoms with Crippen molar-refractivity contribution in [2.75, 3.05) is 11.1 Å². The van der Waals surface area contributed by atoms with Gasteiger partial charge in [0.1, 0.15) is 0 Å². The quantitative estimate of drug-likeness (QED) is 0.883. The second-order valence-electron chi connectivity index (χ2n) is 6.02. The van der Waals surface area contributed by atoms with Gasteiger partial charge in [0.05, 0.1) is 0 Å². The van der Waals surface area contributed by atoms with Crippen LogP contribution in [0, 0.1) is 0 Å². The van der Waals surface area contributed by atoms with Crippen LogP contribution >= 0.6 is 11.8 Å². The molecule has 0 aliphatic heterocycles. The Bertz CT molecular complexity index is 518. The number of anilines is 1. The summed E-state index contributed by atoms with van der Waals surface area (Å²) >= 11 is 2.02. The average Bonchev–Trinajstić information content (AvgIpc) is 3.08. The summed E-state index contributed by atoms with van der Waals surface area (Å²) in [5.41, 5.74) is 3.76. The number of urea groups is 1. The third-order valence-corrected chi connectivity index (χ3v) is 5.71. The Hall–Kier alpha value is -1.16. The van der Waals surface area contributed by atoms with Crippen LogP contribution < -0.4 is 10.6 Å². The van der Waals surface area contributed by atoms with E-state index in [0.717, 1.165) is 30.2 Å². The van der Waals surface area contributed by atoms with Gasteiger partial charge >= 0.3 is 6.03 Å². The van der Waals surface area contributed by atoms with E-state index in [2.05, 4.69) is 29.7 Å². The molecule has 1 aromatic carbocycles. The lowest BCUT2D eigenvalue weighted by Gasteiger charge is -2.14. The highest BCUT2D eigenvalue weighted by atomic mass is 32.2. The van der Waals surface area contributed by atoms with Crippen molar-refractivity contribution >= 4 is 23.5 Å². The molecule has 2 aliphatic carbocycles. The van der Waals surface area contributed by atoms with Crippen LogP contribution in [0.5, 0.6) is 0 Å². The first-order valence-corrected chi connectivity index (χ1v) is 9.10. The standard InChI is InChI=1S/C17H24N2OS/c1-2-21-16-9-8-15(11-16)19-17(20)18-14-7-6-12-4-3-5-13(12)10-14/h6-7,10,15-16H,2-5,8-9,11H2,1H3,(H2,18,19,20). The average molecular weight is 304 g/mol. The Morgan fingerprint density at radius 3 is 3.00 bits per heavy atom. The maximum absolute atomic E-state index is 12.1. The maximum atomic E-state index is 12.1. The minimum atomic E-state index is -0.0555. The Balaban J connectivity index is 1.50. The smallest absolute Gasteiger partial charge is 0.319 e. The lowest BCUT2D eigenvalue weighted by atomic mass is 10.1. The molecule has 114 valence electrons. The van der Waals surface area contributed by atoms with E-state index < -0.39 is 0 Å². The molecule has 2 unspecified atom stereocenters. The van der Waals surface area contributed by atoms with Gasteiger partial charge in [-0.3, -0.25) is 0 Å². The molecule has 0 spiro atoms. The summed E-state index contributed by atoms with van der Waals surface area (Å²) in [6.45, 7) is 2.20. The number of carbonyl (C=O) groups excluding carboxylic acids is 1. The van der Waals surface area contributed by atoms with Crippen LogP contribution in [0.2, 0.25) is 0 Å². The number of hydrogen-bond acceptors (Lipinski definition) is 2. The Kier molecular flexibility index (Phi) is 4.73. The van der Waals surface area contributed by atoms with Gasteiger partial charge in [0.2, 0.25) is 0 Å². The molecule has 0 radical (unpaired) electrons. The molecular weight excluding hydrogens is 280 g/mol. The number of hydrogen-bond donors (Lipinski definition) is 2. The molecular formula is C17H24N2OS. The number of aryl methyl sites for hydroxylation is 2. The molecule has 3 nitrogen and oxygen atoms in total. The lowest BCUT2D eigenvalue weighted by Crippen LogP contribution is -2.36. The zero-order valence-electron chi connectivity index (χ0n) is 12.7. The molecule has 4 heteroatoms. The number of rotatable bonds is 4. The van der Waals surface area contributed by atoms with Gasteiger partial charge in [0.15, 0.2) is 0 Å². The first kappa shape index (κ1) is 14.8. The Labute approximate surface area is 131 Å². The van der Waals surface area contributed by atoms with E-state index in [1.54, 1.807) is 0 Å². The van der Waals surface area contributed by atoms with E-state index in [4.69, 9.17) is 0 Å². The number of thioether (sulfide) groups is 1. The maximum Gasteiger partial charge on any atom is 0.319 e. The van der Waals surface area contributed by atoms with Crippen LogP contribution in [0.4, 0.5) is 10.5 Å². The predicted octanol–water partition coefficient (Wildman–Crippen LogP) is 3.97. The highest BCUT2D eigenvalue weighted by Crippen LogP contribution is 2.30. The van der Waals surface area contributed by atoms with Crippen molar-refractivity contribution in [1.29, 1.82) is 0 Å². The first-order chi connectivity index (χ1) is 10.2. The summed E-state index contributed by atoms with van der Waals surface area (Å²) in [6, 6.07) is 6.59. The number of carbonyl (C=O) groups is 1. The van der Waals surface area contributed by atoms with Crippen molar-refractivity contribution < 1.29 is 4.79 Å². The van der Waals surface area contributed by atoms with Gasteiger partial charge in [-0.15, -0.1) is 0 Å². The zero-order chi connectivity index (χ0) is 14.7. The Morgan fingerprint density at radius 1 is 1.29 bits per heavy atom. The van der Waals surface area contributed by atoms with Crippen LogP contribution in [-0.2, 0) is 12.8 Å². The van der Waals surface area contributed by atoms with E-state index in [-0.39, 0.29) is 6.03 Å². The third kappa shape index (κ3) is 3.73. The molecule has 0 heterocycles. The van der Waals surface area contributed by atoms with Crippen molar-refractivity contribution in [3.8, 4) is 0 Å². The van der Waals surface area contributed by atoms with Crippen LogP contribution in [0.15, 0.2) is 18.2 Å². The topological polar surface area (TPSA) is 41.1 Å². The van der Waals surface area contributed by atoms with E-state index in [1.165, 1.54) is 36.1 Å². The van der Waals surface area contributed by atoms with Crippen molar-refractivity contribution in [2.45, 2.75) is 56.7 Å². The van der Waals surface area contributed by atoms with Crippen molar-refractivity contribution in [2.24, 2.45) is 0 Å². The number of nitrogens with one attached hydrogen (secondary N) is 2. The third-order valence-electron chi connectivity index (χ3n) is 4.48. The fourth-order valence-electron chi connectivity index (χ4n) is 3.46. The van der Waals surface area contributed by atoms with Gasteiger partial charge in [-0.2, -0.15) is 11.8 Å². The van der Waals surface area contributed by atoms with Crippen LogP contribution in [0.25, 0.3) is 0 Å². The largest absolute Gasteiger partial charge is 0.335 e. The number of benzene rings is 1. The second kappa shape index (κ2) is 6.73. The van der Waals surface area contributed by atoms with Gasteiger partial charge < -0.3 is 10.6 Å². The minimum Gasteiger partial charge on any atom is -0.335 e. The summed E-state index contributed by atoms with van der Waals surface area (Å²) in [7, 11) is 0. The highest BCUT2D eigenvalue weighted by molar-refractivity contribution is 7.99. The van der Waals surface area contributed by atoms with E-state index >= 15 is 0 Å². The van der Waals surface area contributed by atoms with E-state index in [1.807, 2.05) is 17.8 Å². The number of amides is 2. The fraction of sp³-hybridized carbons (Fsp3) is 0.588. The summed E-state index contributed by atoms with van der Waals surface area (Å²) in [5, 5.41) is 6.83. The molecule has 2 N–H and O–H groups in total. The first-order valence-electron chi connectivity index (χ1n) is 8.05. The molecule has 2 amide bonds. The van der Waals surface area contributed by atoms with Gasteiger partial charge in [-0.05, 0) is 67.5 Å². The predicted molar refractivity (Wildman–Crippen MR) is 90.2 cm³/mol. The summed E-state index contributed by atoms with van der Waals surface area (Å²) in [6.07, 6.45) is 7.00. The summed E-state index contributed by atoms with van der Waals surface area (Å²) < 4.78 is 0. The fourth-order valence-corrected chi connectivity index (χ4v) is 4.60. The van der Waals surface area contributed by atoms with Crippen molar-refractivity contribution in [3.05, 3.63) is 29.3 Å². The molecule has 2 aliphatic rings. The van der Waals surface area contributed by atoms with Crippen molar-refractivity contribution in [3.63, 3.8) is 0 Å². The molecule has 0 aromatic heterocycles. The van der Waals surface area contributed by atoms with Gasteiger partial charge in [-0.1, -0.05) is 13.0 Å². The molecule has 21 heavy (non-hydrogen) atoms. The molecule has 0 bridgehead atoms. The highest BCUT2D eigenvalue weighted by Gasteiger charge is 2.25. The van der Waals surface area contributed by atoms with Gasteiger partial charge in [0.25, 0.3) is 0 Å². The number of fused-ring (bicyclic) bond motifs is 1. The van der Waals surface area contributed by atoms with Crippen LogP contribution in [0.1, 0.15) is 43.7 Å². The second-order valence-corrected chi connectivity index (χ2v) is 7.60. The normalized spacial score (nSPS) is 23.9. The Morgan fingerprint density at radius 2 is 2.14 bits per heavy atom. The minimum absolute atomic E-state index is 0.0555. The molecule has 1 aromatic rings. The van der Waals surface area contributed by atoms with Gasteiger partial charge in [0, 0.05) is 17.0 Å². The molecule has 1 fully saturated rings. The molecule has 1 saturated carbocycles. The van der Waals surface area contributed by atoms with Crippen LogP contribution in [0.3, 0.4) is 0 Å². The van der Waals surface area contributed by atoms with E-state index in [0.29, 0.717) is 6.04 Å². The van der Waals surface area contributed by atoms with E-state index in [9.17, 15) is 4.79 Å². The SMILES string of the molecule is CCSC1CCC(NC(=O)Nc2ccc3c(c2)CCC3)C1. The van der Waals surface area contributed by atoms with Crippen molar-refractivity contribution in [1.82, 2.24) is 5.32 Å². The summed E-state index contributed by atoms with van der Waals surface area (Å²) in [4.78, 5) is 12.1. The van der Waals surface area contributed by atoms with Crippen LogP contribution in [-0.4, -0.2) is 23.1 Å². The summed E-state index contributed by atoms with van der Waals surface area (Å²) in [5.74, 6) is 1.17. The molecule has 2 atom stereocenters. The monoisotopic (exact) mass is 304 g/mol.